The number of carbonyl (C=O) groups excluding carboxylic acids is 2. The first-order valence-electron chi connectivity index (χ1n) is 7.44. The third-order valence-corrected chi connectivity index (χ3v) is 4.27. The fourth-order valence-electron chi connectivity index (χ4n) is 2.32. The van der Waals surface area contributed by atoms with Gasteiger partial charge >= 0.3 is 11.8 Å². The molecule has 1 saturated heterocycles. The third kappa shape index (κ3) is 4.14. The van der Waals surface area contributed by atoms with Gasteiger partial charge in [0.05, 0.1) is 11.8 Å². The molecule has 1 fully saturated rings. The first kappa shape index (κ1) is 15.6. The molecule has 120 valence electrons. The van der Waals surface area contributed by atoms with Crippen molar-refractivity contribution in [2.45, 2.75) is 18.9 Å². The second-order valence-electron chi connectivity index (χ2n) is 5.20. The highest BCUT2D eigenvalue weighted by Crippen LogP contribution is 2.24. The smallest absolute Gasteiger partial charge is 0.315 e. The van der Waals surface area contributed by atoms with Gasteiger partial charge in [-0.1, -0.05) is 30.3 Å². The van der Waals surface area contributed by atoms with E-state index in [1.54, 1.807) is 0 Å². The lowest BCUT2D eigenvalue weighted by atomic mass is 10.2. The van der Waals surface area contributed by atoms with Crippen molar-refractivity contribution < 1.29 is 14.3 Å². The van der Waals surface area contributed by atoms with Gasteiger partial charge in [0.15, 0.2) is 5.13 Å². The van der Waals surface area contributed by atoms with Crippen molar-refractivity contribution in [1.82, 2.24) is 10.3 Å². The van der Waals surface area contributed by atoms with E-state index in [4.69, 9.17) is 4.74 Å². The van der Waals surface area contributed by atoms with Crippen molar-refractivity contribution in [2.24, 2.45) is 0 Å². The molecule has 1 unspecified atom stereocenters. The molecule has 2 aromatic rings. The summed E-state index contributed by atoms with van der Waals surface area (Å²) in [6, 6.07) is 9.65. The molecule has 6 nitrogen and oxygen atoms in total. The molecule has 0 bridgehead atoms. The predicted molar refractivity (Wildman–Crippen MR) is 88.2 cm³/mol. The minimum absolute atomic E-state index is 0.0105. The zero-order valence-corrected chi connectivity index (χ0v) is 13.3. The zero-order chi connectivity index (χ0) is 16.1. The summed E-state index contributed by atoms with van der Waals surface area (Å²) in [4.78, 5) is 28.0. The number of nitrogens with one attached hydrogen (secondary N) is 2. The molecule has 1 aromatic heterocycles. The number of anilines is 1. The second-order valence-corrected chi connectivity index (χ2v) is 6.06. The SMILES string of the molecule is O=C(NCC1CCCO1)C(=O)Nc1nc(-c2ccccc2)cs1. The molecule has 1 aliphatic rings. The van der Waals surface area contributed by atoms with Gasteiger partial charge in [-0.25, -0.2) is 4.98 Å². The van der Waals surface area contributed by atoms with Gasteiger partial charge in [-0.3, -0.25) is 14.9 Å². The summed E-state index contributed by atoms with van der Waals surface area (Å²) in [7, 11) is 0. The molecular weight excluding hydrogens is 314 g/mol. The number of benzene rings is 1. The number of thiazole rings is 1. The molecule has 0 radical (unpaired) electrons. The Morgan fingerprint density at radius 3 is 2.83 bits per heavy atom. The van der Waals surface area contributed by atoms with E-state index in [2.05, 4.69) is 15.6 Å². The molecule has 7 heteroatoms. The summed E-state index contributed by atoms with van der Waals surface area (Å²) in [5.41, 5.74) is 1.73. The van der Waals surface area contributed by atoms with E-state index in [0.717, 1.165) is 24.1 Å². The van der Waals surface area contributed by atoms with Crippen LogP contribution in [0.15, 0.2) is 35.7 Å². The van der Waals surface area contributed by atoms with Crippen LogP contribution in [0.4, 0.5) is 5.13 Å². The summed E-state index contributed by atoms with van der Waals surface area (Å²) < 4.78 is 5.40. The standard InChI is InChI=1S/C16H17N3O3S/c20-14(17-9-12-7-4-8-22-12)15(21)19-16-18-13(10-23-16)11-5-2-1-3-6-11/h1-3,5-6,10,12H,4,7-9H2,(H,17,20)(H,18,19,21). The van der Waals surface area contributed by atoms with E-state index >= 15 is 0 Å². The Kier molecular flexibility index (Phi) is 4.99. The van der Waals surface area contributed by atoms with Crippen LogP contribution >= 0.6 is 11.3 Å². The van der Waals surface area contributed by atoms with Gasteiger partial charge in [0.25, 0.3) is 0 Å². The average Bonchev–Trinajstić information content (AvgIpc) is 3.25. The fraction of sp³-hybridized carbons (Fsp3) is 0.312. The Labute approximate surface area is 137 Å². The first-order chi connectivity index (χ1) is 11.2. The maximum Gasteiger partial charge on any atom is 0.315 e. The van der Waals surface area contributed by atoms with Crippen LogP contribution < -0.4 is 10.6 Å². The number of carbonyl (C=O) groups is 2. The van der Waals surface area contributed by atoms with Crippen LogP contribution in [0.2, 0.25) is 0 Å². The lowest BCUT2D eigenvalue weighted by Crippen LogP contribution is -2.39. The van der Waals surface area contributed by atoms with Crippen LogP contribution in [0.3, 0.4) is 0 Å². The normalized spacial score (nSPS) is 17.0. The molecule has 2 heterocycles. The van der Waals surface area contributed by atoms with Gasteiger partial charge in [0.1, 0.15) is 0 Å². The number of hydrogen-bond donors (Lipinski definition) is 2. The highest BCUT2D eigenvalue weighted by molar-refractivity contribution is 7.14. The number of nitrogens with zero attached hydrogens (tertiary/aromatic N) is 1. The molecule has 0 saturated carbocycles. The summed E-state index contributed by atoms with van der Waals surface area (Å²) in [6.45, 7) is 1.08. The number of hydrogen-bond acceptors (Lipinski definition) is 5. The Morgan fingerprint density at radius 2 is 2.09 bits per heavy atom. The highest BCUT2D eigenvalue weighted by atomic mass is 32.1. The zero-order valence-electron chi connectivity index (χ0n) is 12.5. The van der Waals surface area contributed by atoms with Gasteiger partial charge in [-0.15, -0.1) is 11.3 Å². The summed E-state index contributed by atoms with van der Waals surface area (Å²) in [5.74, 6) is -1.38. The number of ether oxygens (including phenoxy) is 1. The number of aromatic nitrogens is 1. The van der Waals surface area contributed by atoms with Crippen molar-refractivity contribution in [3.63, 3.8) is 0 Å². The molecule has 1 aliphatic heterocycles. The number of amides is 2. The summed E-state index contributed by atoms with van der Waals surface area (Å²) in [6.07, 6.45) is 1.92. The Bertz CT molecular complexity index is 681. The van der Waals surface area contributed by atoms with E-state index in [-0.39, 0.29) is 6.10 Å². The van der Waals surface area contributed by atoms with Crippen LogP contribution in [0.1, 0.15) is 12.8 Å². The number of rotatable bonds is 4. The van der Waals surface area contributed by atoms with E-state index in [9.17, 15) is 9.59 Å². The Balaban J connectivity index is 1.53. The molecule has 1 atom stereocenters. The Hall–Kier alpha value is -2.25. The largest absolute Gasteiger partial charge is 0.376 e. The lowest BCUT2D eigenvalue weighted by Gasteiger charge is -2.09. The molecular formula is C16H17N3O3S. The van der Waals surface area contributed by atoms with Crippen LogP contribution in [-0.2, 0) is 14.3 Å². The van der Waals surface area contributed by atoms with Crippen LogP contribution in [-0.4, -0.2) is 36.1 Å². The van der Waals surface area contributed by atoms with E-state index in [1.807, 2.05) is 35.7 Å². The quantitative estimate of drug-likeness (QED) is 0.840. The van der Waals surface area contributed by atoms with Crippen molar-refractivity contribution in [3.05, 3.63) is 35.7 Å². The van der Waals surface area contributed by atoms with Gasteiger partial charge in [0.2, 0.25) is 0 Å². The maximum atomic E-state index is 11.9. The van der Waals surface area contributed by atoms with Crippen LogP contribution in [0.25, 0.3) is 11.3 Å². The van der Waals surface area contributed by atoms with Crippen molar-refractivity contribution in [3.8, 4) is 11.3 Å². The predicted octanol–water partition coefficient (Wildman–Crippen LogP) is 2.04. The topological polar surface area (TPSA) is 80.3 Å². The third-order valence-electron chi connectivity index (χ3n) is 3.51. The van der Waals surface area contributed by atoms with Gasteiger partial charge in [-0.2, -0.15) is 0 Å². The first-order valence-corrected chi connectivity index (χ1v) is 8.32. The molecule has 3 rings (SSSR count). The van der Waals surface area contributed by atoms with Crippen LogP contribution in [0, 0.1) is 0 Å². The van der Waals surface area contributed by atoms with Crippen molar-refractivity contribution in [1.29, 1.82) is 0 Å². The minimum atomic E-state index is -0.711. The average molecular weight is 331 g/mol. The second kappa shape index (κ2) is 7.34. The van der Waals surface area contributed by atoms with Gasteiger partial charge in [-0.05, 0) is 12.8 Å². The maximum absolute atomic E-state index is 11.9. The van der Waals surface area contributed by atoms with Crippen LogP contribution in [0.5, 0.6) is 0 Å². The fourth-order valence-corrected chi connectivity index (χ4v) is 3.03. The molecule has 2 amide bonds. The van der Waals surface area contributed by atoms with Gasteiger partial charge < -0.3 is 10.1 Å². The molecule has 2 N–H and O–H groups in total. The van der Waals surface area contributed by atoms with E-state index in [0.29, 0.717) is 18.3 Å². The molecule has 0 aliphatic carbocycles. The highest BCUT2D eigenvalue weighted by Gasteiger charge is 2.20. The summed E-state index contributed by atoms with van der Waals surface area (Å²) >= 11 is 1.29. The van der Waals surface area contributed by atoms with Crippen molar-refractivity contribution >= 4 is 28.3 Å². The minimum Gasteiger partial charge on any atom is -0.376 e. The molecule has 1 aromatic carbocycles. The van der Waals surface area contributed by atoms with E-state index < -0.39 is 11.8 Å². The monoisotopic (exact) mass is 331 g/mol. The summed E-state index contributed by atoms with van der Waals surface area (Å²) in [5, 5.41) is 7.35. The van der Waals surface area contributed by atoms with E-state index in [1.165, 1.54) is 11.3 Å². The molecule has 0 spiro atoms. The van der Waals surface area contributed by atoms with Gasteiger partial charge in [0, 0.05) is 24.1 Å². The van der Waals surface area contributed by atoms with Crippen molar-refractivity contribution in [2.75, 3.05) is 18.5 Å². The molecule has 23 heavy (non-hydrogen) atoms. The Morgan fingerprint density at radius 1 is 1.26 bits per heavy atom. The lowest BCUT2D eigenvalue weighted by molar-refractivity contribution is -0.136.